The molecule has 1 aliphatic rings. The lowest BCUT2D eigenvalue weighted by molar-refractivity contribution is -0.154. The summed E-state index contributed by atoms with van der Waals surface area (Å²) in [5, 5.41) is 9.15. The van der Waals surface area contributed by atoms with Gasteiger partial charge in [-0.25, -0.2) is 9.59 Å². The van der Waals surface area contributed by atoms with E-state index in [0.29, 0.717) is 0 Å². The summed E-state index contributed by atoms with van der Waals surface area (Å²) in [5.41, 5.74) is 1.91. The number of carbonyl (C=O) groups is 2. The Balaban J connectivity index is 1.70. The highest BCUT2D eigenvalue weighted by Gasteiger charge is 2.25. The molecule has 2 rings (SSSR count). The number of H-pyrrole nitrogens is 1. The highest BCUT2D eigenvalue weighted by Crippen LogP contribution is 2.25. The second-order valence-corrected chi connectivity index (χ2v) is 3.71. The molecular formula is C9H12N4O4. The van der Waals surface area contributed by atoms with E-state index in [4.69, 9.17) is 0 Å². The summed E-state index contributed by atoms with van der Waals surface area (Å²) in [6.45, 7) is 0. The largest absolute Gasteiger partial charge is 0.447 e. The van der Waals surface area contributed by atoms with Gasteiger partial charge < -0.3 is 9.57 Å². The van der Waals surface area contributed by atoms with Gasteiger partial charge in [-0.05, 0) is 12.8 Å². The maximum atomic E-state index is 11.4. The van der Waals surface area contributed by atoms with Gasteiger partial charge in [0.15, 0.2) is 0 Å². The lowest BCUT2D eigenvalue weighted by Gasteiger charge is -2.08. The number of carbonyl (C=O) groups excluding carboxylic acids is 2. The van der Waals surface area contributed by atoms with Crippen molar-refractivity contribution in [1.29, 1.82) is 0 Å². The van der Waals surface area contributed by atoms with Gasteiger partial charge in [-0.2, -0.15) is 0 Å². The molecule has 1 amide bonds. The van der Waals surface area contributed by atoms with Gasteiger partial charge in [0.05, 0.1) is 12.1 Å². The van der Waals surface area contributed by atoms with Crippen molar-refractivity contribution in [2.45, 2.75) is 25.7 Å². The molecule has 1 aromatic rings. The number of rotatable bonds is 2. The summed E-state index contributed by atoms with van der Waals surface area (Å²) in [5.74, 6) is -0.554. The van der Waals surface area contributed by atoms with E-state index < -0.39 is 12.1 Å². The van der Waals surface area contributed by atoms with Gasteiger partial charge in [0.25, 0.3) is 5.88 Å². The standard InChI is InChI=1S/C9H12N4O4/c14-8(6-3-1-2-4-6)17-12-9(15)16-7-5-10-13-11-7/h5-6H,1-4H2,(H,12,15)(H,10,11,13). The van der Waals surface area contributed by atoms with Crippen LogP contribution in [-0.2, 0) is 9.63 Å². The van der Waals surface area contributed by atoms with Gasteiger partial charge in [0.1, 0.15) is 0 Å². The molecule has 1 heterocycles. The maximum absolute atomic E-state index is 11.4. The van der Waals surface area contributed by atoms with Gasteiger partial charge in [-0.1, -0.05) is 23.2 Å². The maximum Gasteiger partial charge on any atom is 0.447 e. The molecule has 1 saturated carbocycles. The van der Waals surface area contributed by atoms with Crippen molar-refractivity contribution >= 4 is 12.1 Å². The second kappa shape index (κ2) is 5.28. The number of nitrogens with zero attached hydrogens (tertiary/aromatic N) is 2. The average Bonchev–Trinajstić information content (AvgIpc) is 2.97. The van der Waals surface area contributed by atoms with E-state index in [1.54, 1.807) is 0 Å². The number of hydrogen-bond acceptors (Lipinski definition) is 6. The number of nitrogens with one attached hydrogen (secondary N) is 2. The Kier molecular flexibility index (Phi) is 3.53. The molecule has 1 aliphatic carbocycles. The van der Waals surface area contributed by atoms with Crippen molar-refractivity contribution in [3.8, 4) is 5.88 Å². The summed E-state index contributed by atoms with van der Waals surface area (Å²) < 4.78 is 4.64. The van der Waals surface area contributed by atoms with E-state index in [1.807, 2.05) is 5.48 Å². The Morgan fingerprint density at radius 3 is 2.82 bits per heavy atom. The Labute approximate surface area is 96.6 Å². The van der Waals surface area contributed by atoms with Gasteiger partial charge in [0.2, 0.25) is 0 Å². The Morgan fingerprint density at radius 2 is 2.18 bits per heavy atom. The van der Waals surface area contributed by atoms with E-state index in [1.165, 1.54) is 6.20 Å². The van der Waals surface area contributed by atoms with Crippen LogP contribution in [0.25, 0.3) is 0 Å². The third-order valence-electron chi connectivity index (χ3n) is 2.52. The zero-order valence-electron chi connectivity index (χ0n) is 9.01. The number of aromatic amines is 1. The van der Waals surface area contributed by atoms with E-state index in [-0.39, 0.29) is 11.8 Å². The van der Waals surface area contributed by atoms with Crippen molar-refractivity contribution < 1.29 is 19.2 Å². The lowest BCUT2D eigenvalue weighted by Crippen LogP contribution is -2.32. The van der Waals surface area contributed by atoms with Crippen LogP contribution in [0.5, 0.6) is 5.88 Å². The van der Waals surface area contributed by atoms with Crippen LogP contribution in [0.1, 0.15) is 25.7 Å². The fraction of sp³-hybridized carbons (Fsp3) is 0.556. The fourth-order valence-corrected chi connectivity index (χ4v) is 1.69. The van der Waals surface area contributed by atoms with Crippen molar-refractivity contribution in [2.75, 3.05) is 0 Å². The number of amides is 1. The van der Waals surface area contributed by atoms with Crippen molar-refractivity contribution in [1.82, 2.24) is 20.9 Å². The van der Waals surface area contributed by atoms with Gasteiger partial charge in [0, 0.05) is 0 Å². The van der Waals surface area contributed by atoms with Crippen LogP contribution < -0.4 is 10.2 Å². The smallest absolute Gasteiger partial charge is 0.386 e. The first kappa shape index (κ1) is 11.4. The van der Waals surface area contributed by atoms with Gasteiger partial charge in [-0.15, -0.1) is 5.48 Å². The number of hydrogen-bond donors (Lipinski definition) is 2. The molecule has 17 heavy (non-hydrogen) atoms. The normalized spacial score (nSPS) is 15.5. The zero-order chi connectivity index (χ0) is 12.1. The highest BCUT2D eigenvalue weighted by molar-refractivity contribution is 5.75. The molecular weight excluding hydrogens is 228 g/mol. The molecule has 1 fully saturated rings. The molecule has 8 heteroatoms. The van der Waals surface area contributed by atoms with Gasteiger partial charge in [-0.3, -0.25) is 5.10 Å². The summed E-state index contributed by atoms with van der Waals surface area (Å²) >= 11 is 0. The SMILES string of the molecule is O=C(NOC(=O)C1CCCC1)Oc1c[nH]nn1. The van der Waals surface area contributed by atoms with E-state index in [0.717, 1.165) is 25.7 Å². The predicted octanol–water partition coefficient (Wildman–Crippen LogP) is 0.541. The molecule has 0 atom stereocenters. The summed E-state index contributed by atoms with van der Waals surface area (Å²) in [6, 6.07) is 0. The van der Waals surface area contributed by atoms with Crippen LogP contribution >= 0.6 is 0 Å². The van der Waals surface area contributed by atoms with Crippen molar-refractivity contribution in [3.63, 3.8) is 0 Å². The van der Waals surface area contributed by atoms with E-state index in [9.17, 15) is 9.59 Å². The van der Waals surface area contributed by atoms with Crippen molar-refractivity contribution in [3.05, 3.63) is 6.20 Å². The van der Waals surface area contributed by atoms with Crippen LogP contribution in [0.3, 0.4) is 0 Å². The first-order chi connectivity index (χ1) is 8.25. The molecule has 2 N–H and O–H groups in total. The predicted molar refractivity (Wildman–Crippen MR) is 53.6 cm³/mol. The molecule has 0 spiro atoms. The fourth-order valence-electron chi connectivity index (χ4n) is 1.69. The van der Waals surface area contributed by atoms with Gasteiger partial charge >= 0.3 is 12.1 Å². The molecule has 0 saturated heterocycles. The number of aromatic nitrogens is 3. The molecule has 0 radical (unpaired) electrons. The van der Waals surface area contributed by atoms with Crippen LogP contribution in [0.2, 0.25) is 0 Å². The minimum absolute atomic E-state index is 0.000541. The van der Waals surface area contributed by atoms with Crippen LogP contribution in [-0.4, -0.2) is 27.5 Å². The lowest BCUT2D eigenvalue weighted by atomic mass is 10.1. The first-order valence-corrected chi connectivity index (χ1v) is 5.30. The topological polar surface area (TPSA) is 106 Å². The quantitative estimate of drug-likeness (QED) is 0.731. The molecule has 0 bridgehead atoms. The monoisotopic (exact) mass is 240 g/mol. The third kappa shape index (κ3) is 3.16. The highest BCUT2D eigenvalue weighted by atomic mass is 16.7. The summed E-state index contributed by atoms with van der Waals surface area (Å²) in [6.07, 6.45) is 4.02. The van der Waals surface area contributed by atoms with Crippen LogP contribution in [0, 0.1) is 5.92 Å². The Bertz CT molecular complexity index is 386. The molecule has 0 aliphatic heterocycles. The number of ether oxygens (including phenoxy) is 1. The zero-order valence-corrected chi connectivity index (χ0v) is 9.01. The summed E-state index contributed by atoms with van der Waals surface area (Å²) in [7, 11) is 0. The molecule has 1 aromatic heterocycles. The molecule has 0 unspecified atom stereocenters. The van der Waals surface area contributed by atoms with E-state index >= 15 is 0 Å². The minimum Gasteiger partial charge on any atom is -0.386 e. The Hall–Kier alpha value is -2.12. The minimum atomic E-state index is -0.912. The third-order valence-corrected chi connectivity index (χ3v) is 2.52. The average molecular weight is 240 g/mol. The van der Waals surface area contributed by atoms with Crippen molar-refractivity contribution in [2.24, 2.45) is 5.92 Å². The molecule has 8 nitrogen and oxygen atoms in total. The molecule has 92 valence electrons. The summed E-state index contributed by atoms with van der Waals surface area (Å²) in [4.78, 5) is 27.2. The molecule has 0 aromatic carbocycles. The number of hydroxylamine groups is 1. The van der Waals surface area contributed by atoms with E-state index in [2.05, 4.69) is 25.0 Å². The van der Waals surface area contributed by atoms with Crippen LogP contribution in [0.15, 0.2) is 6.20 Å². The first-order valence-electron chi connectivity index (χ1n) is 5.30. The second-order valence-electron chi connectivity index (χ2n) is 3.71. The Morgan fingerprint density at radius 1 is 1.41 bits per heavy atom. The van der Waals surface area contributed by atoms with Crippen LogP contribution in [0.4, 0.5) is 4.79 Å².